The van der Waals surface area contributed by atoms with E-state index in [1.54, 1.807) is 7.11 Å². The Bertz CT molecular complexity index is 652. The van der Waals surface area contributed by atoms with Crippen molar-refractivity contribution in [3.63, 3.8) is 0 Å². The van der Waals surface area contributed by atoms with Crippen molar-refractivity contribution in [2.24, 2.45) is 4.99 Å². The molecule has 158 valence electrons. The predicted molar refractivity (Wildman–Crippen MR) is 130 cm³/mol. The van der Waals surface area contributed by atoms with Gasteiger partial charge in [-0.3, -0.25) is 9.89 Å². The second kappa shape index (κ2) is 11.7. The molecule has 1 aromatic carbocycles. The molecule has 5 nitrogen and oxygen atoms in total. The van der Waals surface area contributed by atoms with Crippen LogP contribution in [-0.2, 0) is 5.41 Å². The Morgan fingerprint density at radius 3 is 2.57 bits per heavy atom. The molecule has 28 heavy (non-hydrogen) atoms. The Balaban J connectivity index is 0.00000392. The number of ether oxygens (including phenoxy) is 1. The van der Waals surface area contributed by atoms with Crippen molar-refractivity contribution >= 4 is 29.9 Å². The molecule has 0 spiro atoms. The summed E-state index contributed by atoms with van der Waals surface area (Å²) < 4.78 is 5.36. The van der Waals surface area contributed by atoms with E-state index in [4.69, 9.17) is 4.74 Å². The van der Waals surface area contributed by atoms with Gasteiger partial charge in [0.2, 0.25) is 0 Å². The third-order valence-electron chi connectivity index (χ3n) is 5.19. The van der Waals surface area contributed by atoms with Crippen molar-refractivity contribution in [1.82, 2.24) is 15.5 Å². The molecular formula is C22H37IN4O. The molecule has 6 heteroatoms. The lowest BCUT2D eigenvalue weighted by molar-refractivity contribution is 0.221. The van der Waals surface area contributed by atoms with E-state index in [2.05, 4.69) is 60.0 Å². The molecule has 1 fully saturated rings. The fourth-order valence-electron chi connectivity index (χ4n) is 3.46. The van der Waals surface area contributed by atoms with E-state index in [0.29, 0.717) is 6.04 Å². The molecule has 1 aliphatic heterocycles. The Morgan fingerprint density at radius 1 is 1.32 bits per heavy atom. The van der Waals surface area contributed by atoms with E-state index >= 15 is 0 Å². The molecule has 0 radical (unpaired) electrons. The molecule has 2 N–H and O–H groups in total. The number of piperidine rings is 1. The van der Waals surface area contributed by atoms with Gasteiger partial charge in [0, 0.05) is 44.7 Å². The Labute approximate surface area is 188 Å². The van der Waals surface area contributed by atoms with Gasteiger partial charge < -0.3 is 15.4 Å². The van der Waals surface area contributed by atoms with E-state index in [0.717, 1.165) is 50.7 Å². The highest BCUT2D eigenvalue weighted by atomic mass is 127. The zero-order valence-corrected chi connectivity index (χ0v) is 20.4. The molecule has 0 saturated carbocycles. The van der Waals surface area contributed by atoms with Crippen LogP contribution in [0.25, 0.3) is 0 Å². The summed E-state index contributed by atoms with van der Waals surface area (Å²) >= 11 is 0. The second-order valence-electron chi connectivity index (χ2n) is 8.19. The first-order valence-electron chi connectivity index (χ1n) is 9.82. The van der Waals surface area contributed by atoms with Gasteiger partial charge in [-0.15, -0.1) is 24.0 Å². The number of hydrogen-bond acceptors (Lipinski definition) is 3. The van der Waals surface area contributed by atoms with Crippen molar-refractivity contribution in [2.45, 2.75) is 45.1 Å². The minimum Gasteiger partial charge on any atom is -0.497 e. The number of nitrogens with one attached hydrogen (secondary N) is 2. The molecule has 0 unspecified atom stereocenters. The molecule has 1 aliphatic rings. The van der Waals surface area contributed by atoms with Gasteiger partial charge in [0.05, 0.1) is 7.11 Å². The third kappa shape index (κ3) is 7.62. The highest BCUT2D eigenvalue weighted by molar-refractivity contribution is 14.0. The van der Waals surface area contributed by atoms with Crippen LogP contribution in [0, 0.1) is 0 Å². The lowest BCUT2D eigenvalue weighted by Crippen LogP contribution is -2.50. The van der Waals surface area contributed by atoms with Gasteiger partial charge in [-0.25, -0.2) is 0 Å². The van der Waals surface area contributed by atoms with Crippen molar-refractivity contribution in [2.75, 3.05) is 40.3 Å². The predicted octanol–water partition coefficient (Wildman–Crippen LogP) is 3.80. The molecule has 0 atom stereocenters. The van der Waals surface area contributed by atoms with Crippen LogP contribution in [0.1, 0.15) is 39.2 Å². The van der Waals surface area contributed by atoms with Crippen molar-refractivity contribution < 1.29 is 4.74 Å². The molecule has 1 heterocycles. The summed E-state index contributed by atoms with van der Waals surface area (Å²) in [7, 11) is 3.54. The molecule has 0 amide bonds. The van der Waals surface area contributed by atoms with Gasteiger partial charge in [0.1, 0.15) is 5.75 Å². The number of methoxy groups -OCH3 is 1. The summed E-state index contributed by atoms with van der Waals surface area (Å²) in [5.74, 6) is 1.77. The minimum atomic E-state index is -0.0307. The number of likely N-dealkylation sites (tertiary alicyclic amines) is 1. The summed E-state index contributed by atoms with van der Waals surface area (Å²) in [4.78, 5) is 6.90. The molecule has 0 bridgehead atoms. The summed E-state index contributed by atoms with van der Waals surface area (Å²) in [6, 6.07) is 8.75. The average Bonchev–Trinajstić information content (AvgIpc) is 2.66. The fourth-order valence-corrected chi connectivity index (χ4v) is 3.46. The van der Waals surface area contributed by atoms with Crippen molar-refractivity contribution in [3.05, 3.63) is 42.0 Å². The lowest BCUT2D eigenvalue weighted by Gasteiger charge is -2.34. The van der Waals surface area contributed by atoms with Crippen LogP contribution in [-0.4, -0.2) is 57.2 Å². The first-order valence-corrected chi connectivity index (χ1v) is 9.82. The van der Waals surface area contributed by atoms with Crippen LogP contribution >= 0.6 is 24.0 Å². The molecular weight excluding hydrogens is 463 g/mol. The number of nitrogens with zero attached hydrogens (tertiary/aromatic N) is 2. The van der Waals surface area contributed by atoms with Gasteiger partial charge in [0.15, 0.2) is 5.96 Å². The summed E-state index contributed by atoms with van der Waals surface area (Å²) in [5, 5.41) is 7.10. The van der Waals surface area contributed by atoms with Crippen molar-refractivity contribution in [3.8, 4) is 5.75 Å². The number of hydrogen-bond donors (Lipinski definition) is 2. The Morgan fingerprint density at radius 2 is 2.00 bits per heavy atom. The largest absolute Gasteiger partial charge is 0.497 e. The summed E-state index contributed by atoms with van der Waals surface area (Å²) in [6.07, 6.45) is 2.26. The van der Waals surface area contributed by atoms with Gasteiger partial charge in [0.25, 0.3) is 0 Å². The summed E-state index contributed by atoms with van der Waals surface area (Å²) in [6.45, 7) is 14.6. The zero-order valence-electron chi connectivity index (χ0n) is 18.0. The number of benzene rings is 1. The Hall–Kier alpha value is -1.28. The van der Waals surface area contributed by atoms with Gasteiger partial charge in [-0.05, 0) is 37.5 Å². The fraction of sp³-hybridized carbons (Fsp3) is 0.591. The maximum Gasteiger partial charge on any atom is 0.191 e. The van der Waals surface area contributed by atoms with Gasteiger partial charge in [-0.1, -0.05) is 38.1 Å². The first kappa shape index (κ1) is 24.8. The van der Waals surface area contributed by atoms with Crippen LogP contribution in [0.4, 0.5) is 0 Å². The number of halogens is 1. The summed E-state index contributed by atoms with van der Waals surface area (Å²) in [5.41, 5.74) is 2.45. The monoisotopic (exact) mass is 500 g/mol. The minimum absolute atomic E-state index is 0. The van der Waals surface area contributed by atoms with E-state index in [1.807, 2.05) is 19.2 Å². The zero-order chi connectivity index (χ0) is 19.9. The normalized spacial score (nSPS) is 16.2. The van der Waals surface area contributed by atoms with Crippen LogP contribution in [0.2, 0.25) is 0 Å². The lowest BCUT2D eigenvalue weighted by atomic mass is 9.84. The standard InChI is InChI=1S/C22H36N4O.HI/c1-17(2)15-26-12-10-19(11-13-26)25-21(23-5)24-16-22(3,4)18-8-7-9-20(14-18)27-6;/h7-9,14,19H,1,10-13,15-16H2,2-6H3,(H2,23,24,25);1H. The maximum absolute atomic E-state index is 5.36. The molecule has 0 aromatic heterocycles. The molecule has 1 saturated heterocycles. The van der Waals surface area contributed by atoms with E-state index in [1.165, 1.54) is 11.1 Å². The SMILES string of the molecule is C=C(C)CN1CCC(NC(=NC)NCC(C)(C)c2cccc(OC)c2)CC1.I. The first-order chi connectivity index (χ1) is 12.8. The highest BCUT2D eigenvalue weighted by Crippen LogP contribution is 2.25. The van der Waals surface area contributed by atoms with Crippen molar-refractivity contribution in [1.29, 1.82) is 0 Å². The van der Waals surface area contributed by atoms with Crippen LogP contribution in [0.5, 0.6) is 5.75 Å². The van der Waals surface area contributed by atoms with Gasteiger partial charge >= 0.3 is 0 Å². The van der Waals surface area contributed by atoms with Crippen LogP contribution in [0.15, 0.2) is 41.4 Å². The third-order valence-corrected chi connectivity index (χ3v) is 5.19. The van der Waals surface area contributed by atoms with Gasteiger partial charge in [-0.2, -0.15) is 0 Å². The van der Waals surface area contributed by atoms with E-state index in [-0.39, 0.29) is 29.4 Å². The van der Waals surface area contributed by atoms with E-state index in [9.17, 15) is 0 Å². The number of aliphatic imine (C=N–C) groups is 1. The molecule has 1 aromatic rings. The molecule has 2 rings (SSSR count). The van der Waals surface area contributed by atoms with Crippen LogP contribution < -0.4 is 15.4 Å². The molecule has 0 aliphatic carbocycles. The maximum atomic E-state index is 5.36. The van der Waals surface area contributed by atoms with E-state index < -0.39 is 0 Å². The number of guanidine groups is 1. The van der Waals surface area contributed by atoms with Crippen LogP contribution in [0.3, 0.4) is 0 Å². The smallest absolute Gasteiger partial charge is 0.191 e. The number of rotatable bonds is 7. The average molecular weight is 500 g/mol. The Kier molecular flexibility index (Phi) is 10.3. The highest BCUT2D eigenvalue weighted by Gasteiger charge is 2.23. The quantitative estimate of drug-likeness (QED) is 0.259. The topological polar surface area (TPSA) is 48.9 Å². The second-order valence-corrected chi connectivity index (χ2v) is 8.19.